The van der Waals surface area contributed by atoms with Crippen molar-refractivity contribution >= 4 is 10.1 Å². The molecule has 0 aliphatic rings. The van der Waals surface area contributed by atoms with Crippen molar-refractivity contribution < 1.29 is 13.0 Å². The summed E-state index contributed by atoms with van der Waals surface area (Å²) in [5, 5.41) is 0. The molecule has 0 saturated heterocycles. The second-order valence-electron chi connectivity index (χ2n) is 3.70. The lowest BCUT2D eigenvalue weighted by molar-refractivity contribution is 0.482. The molecule has 84 valence electrons. The molecule has 0 amide bonds. The Morgan fingerprint density at radius 3 is 2.07 bits per heavy atom. The van der Waals surface area contributed by atoms with Crippen molar-refractivity contribution in [2.24, 2.45) is 0 Å². The first-order valence-electron chi connectivity index (χ1n) is 4.97. The Morgan fingerprint density at radius 1 is 1.14 bits per heavy atom. The van der Waals surface area contributed by atoms with Gasteiger partial charge in [-0.05, 0) is 33.1 Å². The molecule has 0 aromatic rings. The molecule has 0 atom stereocenters. The Hall–Kier alpha value is -0.350. The molecule has 0 spiro atoms. The van der Waals surface area contributed by atoms with E-state index < -0.39 is 10.1 Å². The van der Waals surface area contributed by atoms with E-state index in [0.717, 1.165) is 24.8 Å². The van der Waals surface area contributed by atoms with Gasteiger partial charge in [0.1, 0.15) is 0 Å². The maximum atomic E-state index is 10.5. The quantitative estimate of drug-likeness (QED) is 0.553. The molecule has 14 heavy (non-hydrogen) atoms. The molecular formula is C10H20O3S. The predicted octanol–water partition coefficient (Wildman–Crippen LogP) is 2.79. The zero-order valence-corrected chi connectivity index (χ0v) is 10.0. The Morgan fingerprint density at radius 2 is 1.64 bits per heavy atom. The maximum absolute atomic E-state index is 10.5. The molecule has 0 aromatic carbocycles. The highest BCUT2D eigenvalue weighted by atomic mass is 32.2. The van der Waals surface area contributed by atoms with Crippen LogP contribution in [0.25, 0.3) is 0 Å². The maximum Gasteiger partial charge on any atom is 0.265 e. The molecule has 0 rings (SSSR count). The van der Waals surface area contributed by atoms with E-state index in [2.05, 4.69) is 6.92 Å². The Balaban J connectivity index is 4.10. The zero-order valence-electron chi connectivity index (χ0n) is 9.21. The lowest BCUT2D eigenvalue weighted by Gasteiger charge is -2.06. The first-order chi connectivity index (χ1) is 6.37. The number of hydrogen-bond acceptors (Lipinski definition) is 2. The molecule has 0 saturated carbocycles. The third kappa shape index (κ3) is 7.09. The molecular weight excluding hydrogens is 200 g/mol. The van der Waals surface area contributed by atoms with Gasteiger partial charge in [0.05, 0.1) is 5.75 Å². The molecule has 4 heteroatoms. The van der Waals surface area contributed by atoms with Crippen LogP contribution in [-0.2, 0) is 10.1 Å². The minimum absolute atomic E-state index is 0.164. The van der Waals surface area contributed by atoms with Gasteiger partial charge in [0.2, 0.25) is 0 Å². The summed E-state index contributed by atoms with van der Waals surface area (Å²) in [4.78, 5) is 0. The topological polar surface area (TPSA) is 54.4 Å². The van der Waals surface area contributed by atoms with Crippen LogP contribution >= 0.6 is 0 Å². The summed E-state index contributed by atoms with van der Waals surface area (Å²) in [5.41, 5.74) is 2.33. The van der Waals surface area contributed by atoms with Crippen LogP contribution in [0.1, 0.15) is 46.5 Å². The van der Waals surface area contributed by atoms with Crippen LogP contribution in [0.15, 0.2) is 11.1 Å². The van der Waals surface area contributed by atoms with E-state index in [-0.39, 0.29) is 5.75 Å². The van der Waals surface area contributed by atoms with Crippen LogP contribution < -0.4 is 0 Å². The fraction of sp³-hybridized carbons (Fsp3) is 0.800. The molecule has 0 fully saturated rings. The Bertz CT molecular complexity index is 288. The number of hydrogen-bond donors (Lipinski definition) is 1. The molecule has 0 bridgehead atoms. The van der Waals surface area contributed by atoms with E-state index in [9.17, 15) is 8.42 Å². The second-order valence-corrected chi connectivity index (χ2v) is 5.27. The first kappa shape index (κ1) is 13.7. The van der Waals surface area contributed by atoms with Gasteiger partial charge >= 0.3 is 0 Å². The highest BCUT2D eigenvalue weighted by molar-refractivity contribution is 7.85. The summed E-state index contributed by atoms with van der Waals surface area (Å²) < 4.78 is 29.6. The normalized spacial score (nSPS) is 14.0. The molecule has 0 aliphatic carbocycles. The minimum Gasteiger partial charge on any atom is -0.286 e. The van der Waals surface area contributed by atoms with Crippen LogP contribution in [0, 0.1) is 0 Å². The van der Waals surface area contributed by atoms with Crippen LogP contribution in [-0.4, -0.2) is 18.7 Å². The summed E-state index contributed by atoms with van der Waals surface area (Å²) in [7, 11) is -3.81. The van der Waals surface area contributed by atoms with Crippen molar-refractivity contribution in [2.75, 3.05) is 5.75 Å². The summed E-state index contributed by atoms with van der Waals surface area (Å²) in [6, 6.07) is 0. The zero-order chi connectivity index (χ0) is 11.2. The standard InChI is InChI=1S/C10H20O3S/c1-4-5-6-9(2)10(3)7-8-14(11,12)13/h4-8H2,1-3H3,(H,11,12,13). The summed E-state index contributed by atoms with van der Waals surface area (Å²) >= 11 is 0. The average Bonchev–Trinajstić information content (AvgIpc) is 2.09. The van der Waals surface area contributed by atoms with Crippen molar-refractivity contribution in [3.8, 4) is 0 Å². The molecule has 0 unspecified atom stereocenters. The van der Waals surface area contributed by atoms with Gasteiger partial charge in [0, 0.05) is 0 Å². The van der Waals surface area contributed by atoms with Gasteiger partial charge < -0.3 is 0 Å². The van der Waals surface area contributed by atoms with Crippen molar-refractivity contribution in [3.05, 3.63) is 11.1 Å². The molecule has 1 N–H and O–H groups in total. The lowest BCUT2D eigenvalue weighted by atomic mass is 10.0. The van der Waals surface area contributed by atoms with Crippen LogP contribution in [0.2, 0.25) is 0 Å². The second kappa shape index (κ2) is 6.19. The third-order valence-corrected chi connectivity index (χ3v) is 3.09. The lowest BCUT2D eigenvalue weighted by Crippen LogP contribution is -2.04. The van der Waals surface area contributed by atoms with E-state index in [1.54, 1.807) is 0 Å². The van der Waals surface area contributed by atoms with E-state index in [0.29, 0.717) is 6.42 Å². The van der Waals surface area contributed by atoms with Crippen molar-refractivity contribution in [1.82, 2.24) is 0 Å². The first-order valence-corrected chi connectivity index (χ1v) is 6.58. The molecule has 0 aromatic heterocycles. The van der Waals surface area contributed by atoms with Gasteiger partial charge in [0.15, 0.2) is 0 Å². The Labute approximate surface area is 87.0 Å². The average molecular weight is 220 g/mol. The SMILES string of the molecule is CCCCC(C)=C(C)CCS(=O)(=O)O. The van der Waals surface area contributed by atoms with E-state index in [1.807, 2.05) is 13.8 Å². The fourth-order valence-electron chi connectivity index (χ4n) is 1.15. The smallest absolute Gasteiger partial charge is 0.265 e. The molecule has 3 nitrogen and oxygen atoms in total. The van der Waals surface area contributed by atoms with Crippen LogP contribution in [0.3, 0.4) is 0 Å². The van der Waals surface area contributed by atoms with Gasteiger partial charge in [-0.3, -0.25) is 4.55 Å². The van der Waals surface area contributed by atoms with E-state index in [4.69, 9.17) is 4.55 Å². The molecule has 0 heterocycles. The largest absolute Gasteiger partial charge is 0.286 e. The summed E-state index contributed by atoms with van der Waals surface area (Å²) in [6.07, 6.45) is 3.74. The van der Waals surface area contributed by atoms with Crippen molar-refractivity contribution in [2.45, 2.75) is 46.5 Å². The summed E-state index contributed by atoms with van der Waals surface area (Å²) in [5.74, 6) is -0.164. The van der Waals surface area contributed by atoms with Gasteiger partial charge in [-0.15, -0.1) is 0 Å². The number of unbranched alkanes of at least 4 members (excludes halogenated alkanes) is 1. The van der Waals surface area contributed by atoms with Gasteiger partial charge in [-0.25, -0.2) is 0 Å². The highest BCUT2D eigenvalue weighted by Crippen LogP contribution is 2.14. The van der Waals surface area contributed by atoms with Gasteiger partial charge in [-0.1, -0.05) is 24.5 Å². The fourth-order valence-corrected chi connectivity index (χ4v) is 1.71. The van der Waals surface area contributed by atoms with Crippen LogP contribution in [0.5, 0.6) is 0 Å². The van der Waals surface area contributed by atoms with Gasteiger partial charge in [0.25, 0.3) is 10.1 Å². The number of allylic oxidation sites excluding steroid dienone is 2. The van der Waals surface area contributed by atoms with E-state index >= 15 is 0 Å². The van der Waals surface area contributed by atoms with E-state index in [1.165, 1.54) is 5.57 Å². The van der Waals surface area contributed by atoms with Crippen molar-refractivity contribution in [1.29, 1.82) is 0 Å². The van der Waals surface area contributed by atoms with Crippen LogP contribution in [0.4, 0.5) is 0 Å². The molecule has 0 aliphatic heterocycles. The van der Waals surface area contributed by atoms with Crippen molar-refractivity contribution in [3.63, 3.8) is 0 Å². The molecule has 0 radical (unpaired) electrons. The number of rotatable bonds is 6. The predicted molar refractivity (Wildman–Crippen MR) is 58.9 cm³/mol. The highest BCUT2D eigenvalue weighted by Gasteiger charge is 2.05. The monoisotopic (exact) mass is 220 g/mol. The van der Waals surface area contributed by atoms with Gasteiger partial charge in [-0.2, -0.15) is 8.42 Å². The Kier molecular flexibility index (Phi) is 6.04. The minimum atomic E-state index is -3.81. The summed E-state index contributed by atoms with van der Waals surface area (Å²) in [6.45, 7) is 6.08. The third-order valence-electron chi connectivity index (χ3n) is 2.37.